The van der Waals surface area contributed by atoms with Crippen LogP contribution in [0.3, 0.4) is 0 Å². The van der Waals surface area contributed by atoms with Crippen molar-refractivity contribution in [2.75, 3.05) is 11.9 Å². The van der Waals surface area contributed by atoms with Crippen LogP contribution in [0.15, 0.2) is 17.1 Å². The minimum absolute atomic E-state index is 0.0198. The minimum Gasteiger partial charge on any atom is -0.370 e. The third-order valence-electron chi connectivity index (χ3n) is 1.88. The molecule has 0 saturated carbocycles. The summed E-state index contributed by atoms with van der Waals surface area (Å²) in [5.74, 6) is -3.71. The van der Waals surface area contributed by atoms with Crippen molar-refractivity contribution in [2.24, 2.45) is 16.6 Å². The summed E-state index contributed by atoms with van der Waals surface area (Å²) in [6.45, 7) is 4.40. The Hall–Kier alpha value is -1.72. The lowest BCUT2D eigenvalue weighted by atomic mass is 10.2. The number of aliphatic imine (C=N–C) groups is 1. The van der Waals surface area contributed by atoms with Crippen molar-refractivity contribution in [1.29, 1.82) is 0 Å². The third kappa shape index (κ3) is 3.97. The first-order chi connectivity index (χ1) is 7.90. The maximum atomic E-state index is 12.9. The van der Waals surface area contributed by atoms with Gasteiger partial charge in [0, 0.05) is 24.4 Å². The fraction of sp³-hybridized carbons (Fsp3) is 0.364. The fourth-order valence-corrected chi connectivity index (χ4v) is 1.10. The second-order valence-corrected chi connectivity index (χ2v) is 4.00. The van der Waals surface area contributed by atoms with Crippen LogP contribution in [0, 0.1) is 23.4 Å². The first kappa shape index (κ1) is 13.3. The zero-order chi connectivity index (χ0) is 13.0. The standard InChI is InChI=1S/C11H14F3N3/c1-6(2)5-16-11(15)17-7-3-8(12)10(14)9(13)4-7/h3-4,6H,5H2,1-2H3,(H3,15,16,17). The van der Waals surface area contributed by atoms with Gasteiger partial charge in [-0.05, 0) is 5.92 Å². The van der Waals surface area contributed by atoms with Crippen LogP contribution in [0.2, 0.25) is 0 Å². The predicted octanol–water partition coefficient (Wildman–Crippen LogP) is 2.49. The molecule has 94 valence electrons. The summed E-state index contributed by atoms with van der Waals surface area (Å²) in [4.78, 5) is 3.95. The van der Waals surface area contributed by atoms with Gasteiger partial charge < -0.3 is 11.1 Å². The molecule has 0 spiro atoms. The number of hydrogen-bond acceptors (Lipinski definition) is 1. The van der Waals surface area contributed by atoms with Crippen LogP contribution in [0.1, 0.15) is 13.8 Å². The van der Waals surface area contributed by atoms with Gasteiger partial charge >= 0.3 is 0 Å². The molecule has 0 heterocycles. The van der Waals surface area contributed by atoms with E-state index >= 15 is 0 Å². The van der Waals surface area contributed by atoms with Gasteiger partial charge in [-0.2, -0.15) is 0 Å². The molecule has 1 aromatic rings. The molecule has 1 rings (SSSR count). The molecule has 0 atom stereocenters. The summed E-state index contributed by atoms with van der Waals surface area (Å²) < 4.78 is 38.4. The smallest absolute Gasteiger partial charge is 0.194 e. The van der Waals surface area contributed by atoms with E-state index in [9.17, 15) is 13.2 Å². The highest BCUT2D eigenvalue weighted by Gasteiger charge is 2.10. The van der Waals surface area contributed by atoms with Crippen molar-refractivity contribution in [3.05, 3.63) is 29.6 Å². The van der Waals surface area contributed by atoms with Gasteiger partial charge in [-0.3, -0.25) is 4.99 Å². The van der Waals surface area contributed by atoms with E-state index in [-0.39, 0.29) is 11.6 Å². The first-order valence-electron chi connectivity index (χ1n) is 5.11. The largest absolute Gasteiger partial charge is 0.370 e. The van der Waals surface area contributed by atoms with E-state index in [1.807, 2.05) is 13.8 Å². The molecule has 0 bridgehead atoms. The third-order valence-corrected chi connectivity index (χ3v) is 1.88. The molecule has 0 saturated heterocycles. The predicted molar refractivity (Wildman–Crippen MR) is 61.3 cm³/mol. The number of anilines is 1. The molecule has 0 fully saturated rings. The lowest BCUT2D eigenvalue weighted by Crippen LogP contribution is -2.23. The molecule has 0 aliphatic heterocycles. The van der Waals surface area contributed by atoms with Gasteiger partial charge in [-0.15, -0.1) is 0 Å². The second kappa shape index (κ2) is 5.56. The Morgan fingerprint density at radius 1 is 1.29 bits per heavy atom. The zero-order valence-electron chi connectivity index (χ0n) is 9.60. The molecular weight excluding hydrogens is 231 g/mol. The number of halogens is 3. The molecule has 0 amide bonds. The molecule has 3 N–H and O–H groups in total. The average Bonchev–Trinajstić information content (AvgIpc) is 2.23. The highest BCUT2D eigenvalue weighted by Crippen LogP contribution is 2.16. The van der Waals surface area contributed by atoms with Crippen molar-refractivity contribution >= 4 is 11.6 Å². The summed E-state index contributed by atoms with van der Waals surface area (Å²) in [7, 11) is 0. The average molecular weight is 245 g/mol. The van der Waals surface area contributed by atoms with Crippen LogP contribution in [0.25, 0.3) is 0 Å². The minimum atomic E-state index is -1.51. The monoisotopic (exact) mass is 245 g/mol. The first-order valence-corrected chi connectivity index (χ1v) is 5.11. The number of rotatable bonds is 3. The van der Waals surface area contributed by atoms with Gasteiger partial charge in [-0.1, -0.05) is 13.8 Å². The zero-order valence-corrected chi connectivity index (χ0v) is 9.60. The van der Waals surface area contributed by atoms with Crippen molar-refractivity contribution in [3.63, 3.8) is 0 Å². The topological polar surface area (TPSA) is 50.4 Å². The molecule has 3 nitrogen and oxygen atoms in total. The van der Waals surface area contributed by atoms with E-state index < -0.39 is 17.5 Å². The normalized spacial score (nSPS) is 12.0. The van der Waals surface area contributed by atoms with Crippen LogP contribution >= 0.6 is 0 Å². The molecular formula is C11H14F3N3. The Bertz CT molecular complexity index is 407. The van der Waals surface area contributed by atoms with E-state index in [0.29, 0.717) is 12.5 Å². The van der Waals surface area contributed by atoms with Gasteiger partial charge in [0.15, 0.2) is 23.4 Å². The summed E-state index contributed by atoms with van der Waals surface area (Å²) in [5, 5.41) is 2.49. The molecule has 0 unspecified atom stereocenters. The van der Waals surface area contributed by atoms with E-state index in [1.165, 1.54) is 0 Å². The summed E-state index contributed by atoms with van der Waals surface area (Å²) >= 11 is 0. The molecule has 0 aliphatic rings. The molecule has 0 aromatic heterocycles. The molecule has 0 radical (unpaired) electrons. The fourth-order valence-electron chi connectivity index (χ4n) is 1.10. The Kier molecular flexibility index (Phi) is 4.37. The van der Waals surface area contributed by atoms with Crippen molar-refractivity contribution in [1.82, 2.24) is 0 Å². The number of nitrogens with two attached hydrogens (primary N) is 1. The van der Waals surface area contributed by atoms with Crippen LogP contribution in [0.4, 0.5) is 18.9 Å². The second-order valence-electron chi connectivity index (χ2n) is 4.00. The van der Waals surface area contributed by atoms with Crippen molar-refractivity contribution < 1.29 is 13.2 Å². The lowest BCUT2D eigenvalue weighted by Gasteiger charge is -2.07. The maximum absolute atomic E-state index is 12.9. The Morgan fingerprint density at radius 3 is 2.29 bits per heavy atom. The highest BCUT2D eigenvalue weighted by atomic mass is 19.2. The maximum Gasteiger partial charge on any atom is 0.194 e. The lowest BCUT2D eigenvalue weighted by molar-refractivity contribution is 0.448. The summed E-state index contributed by atoms with van der Waals surface area (Å²) in [6, 6.07) is 1.63. The molecule has 1 aromatic carbocycles. The summed E-state index contributed by atoms with van der Waals surface area (Å²) in [6.07, 6.45) is 0. The molecule has 0 aliphatic carbocycles. The number of nitrogens with one attached hydrogen (secondary N) is 1. The van der Waals surface area contributed by atoms with Gasteiger partial charge in [0.1, 0.15) is 0 Å². The Labute approximate surface area is 97.5 Å². The Morgan fingerprint density at radius 2 is 1.82 bits per heavy atom. The number of guanidine groups is 1. The van der Waals surface area contributed by atoms with Crippen LogP contribution < -0.4 is 11.1 Å². The molecule has 17 heavy (non-hydrogen) atoms. The van der Waals surface area contributed by atoms with Gasteiger partial charge in [0.25, 0.3) is 0 Å². The van der Waals surface area contributed by atoms with Crippen molar-refractivity contribution in [2.45, 2.75) is 13.8 Å². The van der Waals surface area contributed by atoms with Gasteiger partial charge in [-0.25, -0.2) is 13.2 Å². The van der Waals surface area contributed by atoms with E-state index in [1.54, 1.807) is 0 Å². The number of benzene rings is 1. The quantitative estimate of drug-likeness (QED) is 0.488. The SMILES string of the molecule is CC(C)CN=C(N)Nc1cc(F)c(F)c(F)c1. The Balaban J connectivity index is 2.79. The van der Waals surface area contributed by atoms with Crippen LogP contribution in [0.5, 0.6) is 0 Å². The molecule has 6 heteroatoms. The van der Waals surface area contributed by atoms with Gasteiger partial charge in [0.2, 0.25) is 0 Å². The van der Waals surface area contributed by atoms with Gasteiger partial charge in [0.05, 0.1) is 0 Å². The van der Waals surface area contributed by atoms with E-state index in [4.69, 9.17) is 5.73 Å². The van der Waals surface area contributed by atoms with E-state index in [0.717, 1.165) is 12.1 Å². The van der Waals surface area contributed by atoms with Crippen LogP contribution in [-0.4, -0.2) is 12.5 Å². The summed E-state index contributed by atoms with van der Waals surface area (Å²) in [5.41, 5.74) is 5.51. The van der Waals surface area contributed by atoms with E-state index in [2.05, 4.69) is 10.3 Å². The van der Waals surface area contributed by atoms with Crippen molar-refractivity contribution in [3.8, 4) is 0 Å². The van der Waals surface area contributed by atoms with Crippen LogP contribution in [-0.2, 0) is 0 Å². The number of hydrogen-bond donors (Lipinski definition) is 2. The highest BCUT2D eigenvalue weighted by molar-refractivity contribution is 5.92. The number of nitrogens with zero attached hydrogens (tertiary/aromatic N) is 1.